The fourth-order valence-corrected chi connectivity index (χ4v) is 0.974. The van der Waals surface area contributed by atoms with Gasteiger partial charge in [0.2, 0.25) is 0 Å². The highest BCUT2D eigenvalue weighted by atomic mass is 32.3. The van der Waals surface area contributed by atoms with Gasteiger partial charge in [-0.25, -0.2) is 0 Å². The Morgan fingerprint density at radius 1 is 1.21 bits per heavy atom. The standard InChI is InChI=1S/C7H12F3NO2S/c1-14(2,3)5(12)4-11-6(13)7(8,9)10/h4H2,1-3H3,(H,11,13). The van der Waals surface area contributed by atoms with Crippen molar-refractivity contribution >= 4 is 21.1 Å². The van der Waals surface area contributed by atoms with Gasteiger partial charge in [0.25, 0.3) is 0 Å². The van der Waals surface area contributed by atoms with Gasteiger partial charge in [-0.15, -0.1) is 0 Å². The van der Waals surface area contributed by atoms with Crippen molar-refractivity contribution in [1.82, 2.24) is 5.32 Å². The van der Waals surface area contributed by atoms with Crippen LogP contribution in [-0.2, 0) is 9.59 Å². The summed E-state index contributed by atoms with van der Waals surface area (Å²) in [5.74, 6) is -2.07. The first-order valence-electron chi connectivity index (χ1n) is 3.61. The van der Waals surface area contributed by atoms with Crippen LogP contribution in [0.4, 0.5) is 13.2 Å². The van der Waals surface area contributed by atoms with Crippen molar-refractivity contribution in [3.05, 3.63) is 0 Å². The van der Waals surface area contributed by atoms with Crippen LogP contribution >= 0.6 is 10.0 Å². The van der Waals surface area contributed by atoms with Crippen molar-refractivity contribution in [2.75, 3.05) is 25.3 Å². The van der Waals surface area contributed by atoms with Gasteiger partial charge < -0.3 is 5.32 Å². The molecule has 0 aromatic carbocycles. The number of hydrogen-bond donors (Lipinski definition) is 1. The number of carbonyl (C=O) groups is 2. The third-order valence-electron chi connectivity index (χ3n) is 1.33. The molecule has 0 heterocycles. The van der Waals surface area contributed by atoms with Crippen LogP contribution in [0.1, 0.15) is 0 Å². The predicted molar refractivity (Wildman–Crippen MR) is 49.4 cm³/mol. The van der Waals surface area contributed by atoms with E-state index in [1.807, 2.05) is 0 Å². The average Bonchev–Trinajstić information content (AvgIpc) is 1.95. The van der Waals surface area contributed by atoms with Crippen molar-refractivity contribution < 1.29 is 22.8 Å². The zero-order valence-electron chi connectivity index (χ0n) is 8.07. The quantitative estimate of drug-likeness (QED) is 0.767. The maximum absolute atomic E-state index is 11.7. The molecule has 14 heavy (non-hydrogen) atoms. The van der Waals surface area contributed by atoms with Crippen LogP contribution in [0.15, 0.2) is 0 Å². The zero-order chi connectivity index (χ0) is 11.6. The topological polar surface area (TPSA) is 46.2 Å². The lowest BCUT2D eigenvalue weighted by Gasteiger charge is -2.23. The number of amides is 1. The molecule has 0 aliphatic heterocycles. The number of hydrogen-bond acceptors (Lipinski definition) is 2. The average molecular weight is 231 g/mol. The maximum Gasteiger partial charge on any atom is 0.471 e. The van der Waals surface area contributed by atoms with E-state index >= 15 is 0 Å². The Kier molecular flexibility index (Phi) is 3.99. The Morgan fingerprint density at radius 2 is 1.64 bits per heavy atom. The van der Waals surface area contributed by atoms with E-state index in [1.54, 1.807) is 18.8 Å². The molecule has 0 atom stereocenters. The lowest BCUT2D eigenvalue weighted by molar-refractivity contribution is -0.173. The van der Waals surface area contributed by atoms with E-state index in [1.165, 1.54) is 5.32 Å². The van der Waals surface area contributed by atoms with E-state index in [0.717, 1.165) is 0 Å². The molecule has 0 radical (unpaired) electrons. The number of nitrogens with one attached hydrogen (secondary N) is 1. The van der Waals surface area contributed by atoms with Crippen molar-refractivity contribution in [3.63, 3.8) is 0 Å². The third kappa shape index (κ3) is 4.50. The van der Waals surface area contributed by atoms with Crippen LogP contribution in [0, 0.1) is 0 Å². The van der Waals surface area contributed by atoms with Gasteiger partial charge >= 0.3 is 12.1 Å². The first-order chi connectivity index (χ1) is 6.05. The largest absolute Gasteiger partial charge is 0.471 e. The van der Waals surface area contributed by atoms with Gasteiger partial charge in [0.05, 0.1) is 6.54 Å². The molecule has 3 nitrogen and oxygen atoms in total. The molecule has 0 aliphatic carbocycles. The summed E-state index contributed by atoms with van der Waals surface area (Å²) in [5, 5.41) is 1.17. The van der Waals surface area contributed by atoms with Crippen LogP contribution in [-0.4, -0.2) is 42.5 Å². The summed E-state index contributed by atoms with van der Waals surface area (Å²) in [6, 6.07) is 0. The molecular weight excluding hydrogens is 219 g/mol. The van der Waals surface area contributed by atoms with E-state index < -0.39 is 28.7 Å². The Balaban J connectivity index is 4.10. The SMILES string of the molecule is CS(C)(C)C(=O)CNC(=O)C(F)(F)F. The van der Waals surface area contributed by atoms with Crippen molar-refractivity contribution in [1.29, 1.82) is 0 Å². The molecule has 0 rings (SSSR count). The van der Waals surface area contributed by atoms with Gasteiger partial charge in [-0.1, -0.05) is 0 Å². The number of halogens is 3. The highest BCUT2D eigenvalue weighted by Crippen LogP contribution is 2.34. The summed E-state index contributed by atoms with van der Waals surface area (Å²) in [6.45, 7) is -0.558. The van der Waals surface area contributed by atoms with Crippen molar-refractivity contribution in [3.8, 4) is 0 Å². The number of alkyl halides is 3. The van der Waals surface area contributed by atoms with Gasteiger partial charge in [0.15, 0.2) is 5.12 Å². The first kappa shape index (κ1) is 13.3. The van der Waals surface area contributed by atoms with Crippen molar-refractivity contribution in [2.45, 2.75) is 6.18 Å². The molecular formula is C7H12F3NO2S. The van der Waals surface area contributed by atoms with Gasteiger partial charge in [0.1, 0.15) is 0 Å². The second-order valence-corrected chi connectivity index (χ2v) is 7.52. The Bertz CT molecular complexity index is 218. The van der Waals surface area contributed by atoms with E-state index in [0.29, 0.717) is 0 Å². The lowest BCUT2D eigenvalue weighted by atomic mass is 10.5. The second-order valence-electron chi connectivity index (χ2n) is 3.39. The molecule has 0 aromatic heterocycles. The summed E-state index contributed by atoms with van der Waals surface area (Å²) in [5.41, 5.74) is 0. The second kappa shape index (κ2) is 4.20. The Labute approximate surface area is 81.4 Å². The Hall–Kier alpha value is -0.720. The lowest BCUT2D eigenvalue weighted by Crippen LogP contribution is -2.40. The van der Waals surface area contributed by atoms with E-state index in [9.17, 15) is 22.8 Å². The molecule has 0 saturated carbocycles. The summed E-state index contributed by atoms with van der Waals surface area (Å²) < 4.78 is 35.0. The van der Waals surface area contributed by atoms with Gasteiger partial charge in [-0.3, -0.25) is 9.59 Å². The van der Waals surface area contributed by atoms with Gasteiger partial charge in [-0.05, 0) is 18.8 Å². The van der Waals surface area contributed by atoms with Crippen molar-refractivity contribution in [2.24, 2.45) is 0 Å². The van der Waals surface area contributed by atoms with Crippen LogP contribution in [0.25, 0.3) is 0 Å². The Morgan fingerprint density at radius 3 is 1.93 bits per heavy atom. The highest BCUT2D eigenvalue weighted by molar-refractivity contribution is 8.43. The molecule has 0 unspecified atom stereocenters. The molecule has 1 N–H and O–H groups in total. The highest BCUT2D eigenvalue weighted by Gasteiger charge is 2.38. The molecule has 0 spiro atoms. The molecule has 7 heteroatoms. The molecule has 0 fully saturated rings. The summed E-state index contributed by atoms with van der Waals surface area (Å²) in [4.78, 5) is 21.5. The fraction of sp³-hybridized carbons (Fsp3) is 0.714. The maximum atomic E-state index is 11.7. The first-order valence-corrected chi connectivity index (χ1v) is 6.47. The molecule has 0 aliphatic rings. The van der Waals surface area contributed by atoms with Crippen LogP contribution in [0.3, 0.4) is 0 Å². The minimum Gasteiger partial charge on any atom is -0.340 e. The normalized spacial score (nSPS) is 13.6. The van der Waals surface area contributed by atoms with Gasteiger partial charge in [-0.2, -0.15) is 23.2 Å². The summed E-state index contributed by atoms with van der Waals surface area (Å²) in [7, 11) is -1.56. The van der Waals surface area contributed by atoms with E-state index in [-0.39, 0.29) is 5.12 Å². The number of carbonyl (C=O) groups excluding carboxylic acids is 2. The molecule has 0 aromatic rings. The minimum atomic E-state index is -4.92. The third-order valence-corrected chi connectivity index (χ3v) is 2.84. The van der Waals surface area contributed by atoms with Crippen LogP contribution in [0.5, 0.6) is 0 Å². The smallest absolute Gasteiger partial charge is 0.340 e. The summed E-state index contributed by atoms with van der Waals surface area (Å²) >= 11 is 0. The van der Waals surface area contributed by atoms with Gasteiger partial charge in [0, 0.05) is 0 Å². The van der Waals surface area contributed by atoms with E-state index in [2.05, 4.69) is 0 Å². The molecule has 84 valence electrons. The van der Waals surface area contributed by atoms with Crippen LogP contribution < -0.4 is 5.32 Å². The minimum absolute atomic E-state index is 0.366. The predicted octanol–water partition coefficient (Wildman–Crippen LogP) is 0.885. The molecule has 0 bridgehead atoms. The molecule has 0 saturated heterocycles. The van der Waals surface area contributed by atoms with E-state index in [4.69, 9.17) is 0 Å². The molecule has 1 amide bonds. The monoisotopic (exact) mass is 231 g/mol. The number of rotatable bonds is 2. The summed E-state index contributed by atoms with van der Waals surface area (Å²) in [6.07, 6.45) is 0.0206. The van der Waals surface area contributed by atoms with Crippen LogP contribution in [0.2, 0.25) is 0 Å². The zero-order valence-corrected chi connectivity index (χ0v) is 8.88. The fourth-order valence-electron chi connectivity index (χ4n) is 0.469.